The van der Waals surface area contributed by atoms with E-state index in [-0.39, 0.29) is 0 Å². The van der Waals surface area contributed by atoms with Crippen LogP contribution in [0.4, 0.5) is 5.69 Å². The SMILES string of the molecule is Cc1cc(Br)cc(Br)c1[NH3+]. The van der Waals surface area contributed by atoms with Crippen LogP contribution in [0.15, 0.2) is 21.1 Å². The van der Waals surface area contributed by atoms with Crippen LogP contribution in [0, 0.1) is 6.92 Å². The van der Waals surface area contributed by atoms with Gasteiger partial charge in [0.25, 0.3) is 0 Å². The van der Waals surface area contributed by atoms with Gasteiger partial charge in [0.05, 0.1) is 4.47 Å². The number of hydrogen-bond donors (Lipinski definition) is 1. The summed E-state index contributed by atoms with van der Waals surface area (Å²) in [6.07, 6.45) is 0. The van der Waals surface area contributed by atoms with E-state index in [1.807, 2.05) is 19.1 Å². The maximum atomic E-state index is 3.89. The van der Waals surface area contributed by atoms with Crippen molar-refractivity contribution < 1.29 is 5.73 Å². The molecule has 0 fully saturated rings. The lowest BCUT2D eigenvalue weighted by atomic mass is 10.2. The standard InChI is InChI=1S/C7H7Br2N/c1-4-2-5(8)3-6(9)7(4)10/h2-3H,10H2,1H3/p+1. The second kappa shape index (κ2) is 3.03. The summed E-state index contributed by atoms with van der Waals surface area (Å²) < 4.78 is 2.14. The monoisotopic (exact) mass is 264 g/mol. The molecule has 0 unspecified atom stereocenters. The summed E-state index contributed by atoms with van der Waals surface area (Å²) in [6.45, 7) is 2.04. The quantitative estimate of drug-likeness (QED) is 0.746. The highest BCUT2D eigenvalue weighted by molar-refractivity contribution is 9.11. The molecule has 0 aliphatic heterocycles. The smallest absolute Gasteiger partial charge is 0.145 e. The van der Waals surface area contributed by atoms with E-state index in [9.17, 15) is 0 Å². The highest BCUT2D eigenvalue weighted by atomic mass is 79.9. The van der Waals surface area contributed by atoms with Crippen molar-refractivity contribution in [1.29, 1.82) is 0 Å². The Morgan fingerprint density at radius 1 is 1.30 bits per heavy atom. The molecular weight excluding hydrogens is 258 g/mol. The lowest BCUT2D eigenvalue weighted by Gasteiger charge is -1.98. The van der Waals surface area contributed by atoms with Crippen molar-refractivity contribution >= 4 is 37.5 Å². The third-order valence-corrected chi connectivity index (χ3v) is 2.55. The summed E-state index contributed by atoms with van der Waals surface area (Å²) in [5.41, 5.74) is 6.15. The zero-order valence-corrected chi connectivity index (χ0v) is 8.79. The highest BCUT2D eigenvalue weighted by Crippen LogP contribution is 2.25. The molecule has 0 aliphatic carbocycles. The molecule has 0 saturated carbocycles. The minimum absolute atomic E-state index is 1.05. The molecule has 10 heavy (non-hydrogen) atoms. The van der Waals surface area contributed by atoms with Crippen molar-refractivity contribution in [2.24, 2.45) is 0 Å². The molecule has 3 N–H and O–H groups in total. The average molecular weight is 266 g/mol. The first kappa shape index (κ1) is 8.24. The van der Waals surface area contributed by atoms with Crippen LogP contribution >= 0.6 is 31.9 Å². The van der Waals surface area contributed by atoms with Gasteiger partial charge in [-0.25, -0.2) is 0 Å². The minimum atomic E-state index is 1.05. The molecule has 0 bridgehead atoms. The van der Waals surface area contributed by atoms with Gasteiger partial charge >= 0.3 is 0 Å². The number of aryl methyl sites for hydroxylation is 1. The van der Waals surface area contributed by atoms with Gasteiger partial charge in [0.15, 0.2) is 0 Å². The maximum absolute atomic E-state index is 3.89. The molecule has 54 valence electrons. The number of halogens is 2. The number of hydrogen-bond acceptors (Lipinski definition) is 0. The third-order valence-electron chi connectivity index (χ3n) is 1.38. The van der Waals surface area contributed by atoms with E-state index >= 15 is 0 Å². The predicted octanol–water partition coefficient (Wildman–Crippen LogP) is 2.39. The van der Waals surface area contributed by atoms with Gasteiger partial charge in [0.1, 0.15) is 5.69 Å². The zero-order chi connectivity index (χ0) is 7.72. The van der Waals surface area contributed by atoms with E-state index in [1.54, 1.807) is 0 Å². The Kier molecular flexibility index (Phi) is 2.50. The molecule has 0 radical (unpaired) electrons. The Balaban J connectivity index is 3.31. The van der Waals surface area contributed by atoms with Crippen molar-refractivity contribution in [3.8, 4) is 0 Å². The third kappa shape index (κ3) is 1.59. The van der Waals surface area contributed by atoms with Crippen LogP contribution in [-0.2, 0) is 0 Å². The molecule has 0 aromatic heterocycles. The van der Waals surface area contributed by atoms with Gasteiger partial charge in [0, 0.05) is 10.0 Å². The summed E-state index contributed by atoms with van der Waals surface area (Å²) in [7, 11) is 0. The molecule has 0 spiro atoms. The van der Waals surface area contributed by atoms with Gasteiger partial charge in [-0.05, 0) is 35.0 Å². The lowest BCUT2D eigenvalue weighted by Crippen LogP contribution is -2.41. The molecule has 1 aromatic rings. The van der Waals surface area contributed by atoms with Crippen molar-refractivity contribution in [1.82, 2.24) is 0 Å². The first-order valence-corrected chi connectivity index (χ1v) is 4.47. The normalized spacial score (nSPS) is 10.0. The Morgan fingerprint density at radius 3 is 2.40 bits per heavy atom. The van der Waals surface area contributed by atoms with Gasteiger partial charge < -0.3 is 5.73 Å². The summed E-state index contributed by atoms with van der Waals surface area (Å²) in [5, 5.41) is 0. The molecule has 0 saturated heterocycles. The number of benzene rings is 1. The number of quaternary nitrogens is 1. The van der Waals surface area contributed by atoms with Gasteiger partial charge in [-0.15, -0.1) is 0 Å². The van der Waals surface area contributed by atoms with Crippen molar-refractivity contribution in [3.63, 3.8) is 0 Å². The van der Waals surface area contributed by atoms with E-state index in [4.69, 9.17) is 0 Å². The van der Waals surface area contributed by atoms with Crippen LogP contribution in [0.3, 0.4) is 0 Å². The van der Waals surface area contributed by atoms with E-state index in [2.05, 4.69) is 37.6 Å². The van der Waals surface area contributed by atoms with Crippen LogP contribution in [-0.4, -0.2) is 0 Å². The fourth-order valence-corrected chi connectivity index (χ4v) is 2.17. The predicted molar refractivity (Wildman–Crippen MR) is 49.1 cm³/mol. The van der Waals surface area contributed by atoms with Gasteiger partial charge in [-0.2, -0.15) is 0 Å². The minimum Gasteiger partial charge on any atom is -0.324 e. The fourth-order valence-electron chi connectivity index (χ4n) is 0.732. The van der Waals surface area contributed by atoms with E-state index in [1.165, 1.54) is 5.56 Å². The van der Waals surface area contributed by atoms with Gasteiger partial charge in [0.2, 0.25) is 0 Å². The Hall–Kier alpha value is 0.140. The van der Waals surface area contributed by atoms with Gasteiger partial charge in [-0.3, -0.25) is 0 Å². The number of rotatable bonds is 0. The second-order valence-corrected chi connectivity index (χ2v) is 3.95. The van der Waals surface area contributed by atoms with Crippen LogP contribution in [0.5, 0.6) is 0 Å². The Bertz CT molecular complexity index is 235. The van der Waals surface area contributed by atoms with Crippen LogP contribution in [0.1, 0.15) is 5.56 Å². The van der Waals surface area contributed by atoms with E-state index in [0.717, 1.165) is 14.6 Å². The lowest BCUT2D eigenvalue weighted by molar-refractivity contribution is -0.256. The fraction of sp³-hybridized carbons (Fsp3) is 0.143. The first-order valence-electron chi connectivity index (χ1n) is 2.89. The Labute approximate surface area is 76.9 Å². The molecule has 3 heteroatoms. The summed E-state index contributed by atoms with van der Waals surface area (Å²) in [5.74, 6) is 0. The van der Waals surface area contributed by atoms with E-state index in [0.29, 0.717) is 0 Å². The molecule has 0 atom stereocenters. The molecule has 1 nitrogen and oxygen atoms in total. The van der Waals surface area contributed by atoms with Crippen LogP contribution < -0.4 is 5.73 Å². The van der Waals surface area contributed by atoms with Crippen molar-refractivity contribution in [3.05, 3.63) is 26.6 Å². The van der Waals surface area contributed by atoms with Crippen molar-refractivity contribution in [2.45, 2.75) is 6.92 Å². The summed E-state index contributed by atoms with van der Waals surface area (Å²) >= 11 is 6.79. The van der Waals surface area contributed by atoms with Crippen molar-refractivity contribution in [2.75, 3.05) is 0 Å². The molecule has 1 rings (SSSR count). The zero-order valence-electron chi connectivity index (χ0n) is 5.62. The van der Waals surface area contributed by atoms with Gasteiger partial charge in [-0.1, -0.05) is 15.9 Å². The second-order valence-electron chi connectivity index (χ2n) is 2.18. The average Bonchev–Trinajstić information content (AvgIpc) is 1.82. The molecular formula is C7H8Br2N+. The molecule has 1 aromatic carbocycles. The molecule has 0 heterocycles. The van der Waals surface area contributed by atoms with E-state index < -0.39 is 0 Å². The topological polar surface area (TPSA) is 27.6 Å². The largest absolute Gasteiger partial charge is 0.324 e. The molecule has 0 amide bonds. The Morgan fingerprint density at radius 2 is 1.90 bits per heavy atom. The molecule has 0 aliphatic rings. The highest BCUT2D eigenvalue weighted by Gasteiger charge is 2.03. The summed E-state index contributed by atoms with van der Waals surface area (Å²) in [4.78, 5) is 0. The van der Waals surface area contributed by atoms with Crippen LogP contribution in [0.25, 0.3) is 0 Å². The maximum Gasteiger partial charge on any atom is 0.145 e. The van der Waals surface area contributed by atoms with Crippen LogP contribution in [0.2, 0.25) is 0 Å². The summed E-state index contributed by atoms with van der Waals surface area (Å²) in [6, 6.07) is 4.04. The first-order chi connectivity index (χ1) is 4.61.